The maximum Gasteiger partial charge on any atom is 0.220 e. The van der Waals surface area contributed by atoms with E-state index in [0.29, 0.717) is 17.8 Å². The van der Waals surface area contributed by atoms with Crippen molar-refractivity contribution >= 4 is 5.91 Å². The van der Waals surface area contributed by atoms with Gasteiger partial charge in [-0.05, 0) is 25.8 Å². The normalized spacial score (nSPS) is 18.7. The summed E-state index contributed by atoms with van der Waals surface area (Å²) in [6, 6.07) is 0. The topological polar surface area (TPSA) is 41.1 Å². The smallest absolute Gasteiger partial charge is 0.220 e. The third-order valence-corrected chi connectivity index (χ3v) is 3.22. The fourth-order valence-electron chi connectivity index (χ4n) is 2.20. The summed E-state index contributed by atoms with van der Waals surface area (Å²) in [6.45, 7) is 6.02. The van der Waals surface area contributed by atoms with E-state index in [4.69, 9.17) is 0 Å². The largest absolute Gasteiger partial charge is 0.355 e. The average molecular weight is 212 g/mol. The molecule has 2 N–H and O–H groups in total. The van der Waals surface area contributed by atoms with Crippen molar-refractivity contribution in [3.63, 3.8) is 0 Å². The van der Waals surface area contributed by atoms with Crippen molar-refractivity contribution in [2.24, 2.45) is 11.3 Å². The molecule has 88 valence electrons. The molecule has 0 atom stereocenters. The SMILES string of the molecule is CNCC1(CNC(=O)CC(C)C)CCC1. The first-order chi connectivity index (χ1) is 7.08. The zero-order chi connectivity index (χ0) is 11.3. The first-order valence-electron chi connectivity index (χ1n) is 5.99. The first-order valence-corrected chi connectivity index (χ1v) is 5.99. The zero-order valence-corrected chi connectivity index (χ0v) is 10.2. The Kier molecular flexibility index (Phi) is 4.58. The molecule has 0 aromatic rings. The molecule has 0 heterocycles. The van der Waals surface area contributed by atoms with Crippen LogP contribution in [-0.2, 0) is 4.79 Å². The highest BCUT2D eigenvalue weighted by molar-refractivity contribution is 5.76. The van der Waals surface area contributed by atoms with Crippen molar-refractivity contribution in [2.45, 2.75) is 39.5 Å². The number of nitrogens with one attached hydrogen (secondary N) is 2. The molecule has 3 heteroatoms. The summed E-state index contributed by atoms with van der Waals surface area (Å²) in [4.78, 5) is 11.5. The van der Waals surface area contributed by atoms with Gasteiger partial charge in [0.2, 0.25) is 5.91 Å². The van der Waals surface area contributed by atoms with Crippen LogP contribution in [0.3, 0.4) is 0 Å². The van der Waals surface area contributed by atoms with Crippen molar-refractivity contribution in [1.29, 1.82) is 0 Å². The molecule has 1 rings (SSSR count). The molecule has 1 aliphatic carbocycles. The van der Waals surface area contributed by atoms with Gasteiger partial charge in [0.1, 0.15) is 0 Å². The molecular weight excluding hydrogens is 188 g/mol. The Bertz CT molecular complexity index is 210. The van der Waals surface area contributed by atoms with E-state index in [1.807, 2.05) is 7.05 Å². The summed E-state index contributed by atoms with van der Waals surface area (Å²) in [5, 5.41) is 6.29. The minimum Gasteiger partial charge on any atom is -0.355 e. The van der Waals surface area contributed by atoms with Crippen LogP contribution in [-0.4, -0.2) is 26.0 Å². The highest BCUT2D eigenvalue weighted by Crippen LogP contribution is 2.39. The lowest BCUT2D eigenvalue weighted by molar-refractivity contribution is -0.122. The third-order valence-electron chi connectivity index (χ3n) is 3.22. The number of hydrogen-bond donors (Lipinski definition) is 2. The molecule has 0 saturated heterocycles. The molecule has 1 fully saturated rings. The first kappa shape index (κ1) is 12.5. The van der Waals surface area contributed by atoms with Gasteiger partial charge in [-0.1, -0.05) is 20.3 Å². The van der Waals surface area contributed by atoms with Crippen LogP contribution in [0.15, 0.2) is 0 Å². The second kappa shape index (κ2) is 5.50. The van der Waals surface area contributed by atoms with E-state index in [2.05, 4.69) is 24.5 Å². The van der Waals surface area contributed by atoms with Gasteiger partial charge in [0.15, 0.2) is 0 Å². The number of rotatable bonds is 6. The lowest BCUT2D eigenvalue weighted by Gasteiger charge is -2.42. The number of carbonyl (C=O) groups excluding carboxylic acids is 1. The minimum absolute atomic E-state index is 0.201. The van der Waals surface area contributed by atoms with Crippen LogP contribution in [0.25, 0.3) is 0 Å². The highest BCUT2D eigenvalue weighted by atomic mass is 16.1. The molecule has 0 aliphatic heterocycles. The summed E-state index contributed by atoms with van der Waals surface area (Å²) in [5.41, 5.74) is 0.349. The van der Waals surface area contributed by atoms with Crippen LogP contribution in [0, 0.1) is 11.3 Å². The zero-order valence-electron chi connectivity index (χ0n) is 10.2. The predicted octanol–water partition coefficient (Wildman–Crippen LogP) is 1.54. The Hall–Kier alpha value is -0.570. The molecule has 15 heavy (non-hydrogen) atoms. The van der Waals surface area contributed by atoms with Crippen LogP contribution in [0.4, 0.5) is 0 Å². The monoisotopic (exact) mass is 212 g/mol. The molecule has 0 aromatic carbocycles. The van der Waals surface area contributed by atoms with Crippen molar-refractivity contribution in [3.05, 3.63) is 0 Å². The number of amides is 1. The molecule has 0 bridgehead atoms. The van der Waals surface area contributed by atoms with Crippen molar-refractivity contribution in [1.82, 2.24) is 10.6 Å². The fourth-order valence-corrected chi connectivity index (χ4v) is 2.20. The molecule has 1 saturated carbocycles. The van der Waals surface area contributed by atoms with E-state index in [0.717, 1.165) is 13.1 Å². The molecule has 1 amide bonds. The van der Waals surface area contributed by atoms with Gasteiger partial charge in [-0.2, -0.15) is 0 Å². The van der Waals surface area contributed by atoms with Crippen LogP contribution in [0.5, 0.6) is 0 Å². The van der Waals surface area contributed by atoms with E-state index < -0.39 is 0 Å². The van der Waals surface area contributed by atoms with Crippen molar-refractivity contribution in [2.75, 3.05) is 20.1 Å². The van der Waals surface area contributed by atoms with E-state index in [1.54, 1.807) is 0 Å². The van der Waals surface area contributed by atoms with E-state index >= 15 is 0 Å². The van der Waals surface area contributed by atoms with Crippen LogP contribution in [0.2, 0.25) is 0 Å². The molecule has 3 nitrogen and oxygen atoms in total. The van der Waals surface area contributed by atoms with Gasteiger partial charge in [-0.3, -0.25) is 4.79 Å². The second-order valence-electron chi connectivity index (χ2n) is 5.26. The Labute approximate surface area is 93.0 Å². The summed E-state index contributed by atoms with van der Waals surface area (Å²) in [7, 11) is 1.98. The molecular formula is C12H24N2O. The maximum atomic E-state index is 11.5. The van der Waals surface area contributed by atoms with Gasteiger partial charge in [0.05, 0.1) is 0 Å². The summed E-state index contributed by atoms with van der Waals surface area (Å²) in [6.07, 6.45) is 4.45. The average Bonchev–Trinajstić information content (AvgIpc) is 2.08. The van der Waals surface area contributed by atoms with Gasteiger partial charge in [-0.15, -0.1) is 0 Å². The summed E-state index contributed by atoms with van der Waals surface area (Å²) < 4.78 is 0. The molecule has 0 unspecified atom stereocenters. The van der Waals surface area contributed by atoms with Gasteiger partial charge in [0.25, 0.3) is 0 Å². The van der Waals surface area contributed by atoms with Crippen molar-refractivity contribution < 1.29 is 4.79 Å². The Morgan fingerprint density at radius 3 is 2.40 bits per heavy atom. The molecule has 1 aliphatic rings. The molecule has 0 spiro atoms. The standard InChI is InChI=1S/C12H24N2O/c1-10(2)7-11(15)14-9-12(8-13-3)5-4-6-12/h10,13H,4-9H2,1-3H3,(H,14,15). The summed E-state index contributed by atoms with van der Waals surface area (Å²) in [5.74, 6) is 0.652. The van der Waals surface area contributed by atoms with E-state index in [-0.39, 0.29) is 5.91 Å². The van der Waals surface area contributed by atoms with Gasteiger partial charge in [0, 0.05) is 24.9 Å². The van der Waals surface area contributed by atoms with Crippen LogP contribution in [0.1, 0.15) is 39.5 Å². The molecule has 0 aromatic heterocycles. The Morgan fingerprint density at radius 2 is 2.00 bits per heavy atom. The van der Waals surface area contributed by atoms with Gasteiger partial charge < -0.3 is 10.6 Å². The number of hydrogen-bond acceptors (Lipinski definition) is 2. The lowest BCUT2D eigenvalue weighted by atomic mass is 9.68. The highest BCUT2D eigenvalue weighted by Gasteiger charge is 2.36. The molecule has 0 radical (unpaired) electrons. The fraction of sp³-hybridized carbons (Fsp3) is 0.917. The van der Waals surface area contributed by atoms with E-state index in [9.17, 15) is 4.79 Å². The lowest BCUT2D eigenvalue weighted by Crippen LogP contribution is -2.47. The summed E-state index contributed by atoms with van der Waals surface area (Å²) >= 11 is 0. The third kappa shape index (κ3) is 3.82. The quantitative estimate of drug-likeness (QED) is 0.701. The maximum absolute atomic E-state index is 11.5. The number of carbonyl (C=O) groups is 1. The van der Waals surface area contributed by atoms with Crippen molar-refractivity contribution in [3.8, 4) is 0 Å². The van der Waals surface area contributed by atoms with Gasteiger partial charge >= 0.3 is 0 Å². The minimum atomic E-state index is 0.201. The second-order valence-corrected chi connectivity index (χ2v) is 5.26. The Balaban J connectivity index is 2.25. The predicted molar refractivity (Wildman–Crippen MR) is 62.7 cm³/mol. The van der Waals surface area contributed by atoms with E-state index in [1.165, 1.54) is 19.3 Å². The van der Waals surface area contributed by atoms with Crippen LogP contribution < -0.4 is 10.6 Å². The Morgan fingerprint density at radius 1 is 1.33 bits per heavy atom. The van der Waals surface area contributed by atoms with Crippen LogP contribution >= 0.6 is 0 Å². The van der Waals surface area contributed by atoms with Gasteiger partial charge in [-0.25, -0.2) is 0 Å².